The molecule has 9 heteroatoms. The van der Waals surface area contributed by atoms with Crippen molar-refractivity contribution in [2.24, 2.45) is 11.3 Å². The second kappa shape index (κ2) is 11.6. The molecule has 4 aliphatic rings. The van der Waals surface area contributed by atoms with E-state index < -0.39 is 31.2 Å². The van der Waals surface area contributed by atoms with Crippen LogP contribution in [0, 0.1) is 18.3 Å². The highest BCUT2D eigenvalue weighted by molar-refractivity contribution is 6.99. The number of carbonyl (C=O) groups is 1. The third-order valence-electron chi connectivity index (χ3n) is 11.8. The normalized spacial score (nSPS) is 26.3. The average Bonchev–Trinajstić information content (AvgIpc) is 3.88. The summed E-state index contributed by atoms with van der Waals surface area (Å²) >= 11 is 0. The van der Waals surface area contributed by atoms with Crippen molar-refractivity contribution >= 4 is 36.0 Å². The molecule has 5 aromatic rings. The number of aryl methyl sites for hydroxylation is 1. The van der Waals surface area contributed by atoms with Gasteiger partial charge in [0.1, 0.15) is 11.5 Å². The number of anilines is 1. The van der Waals surface area contributed by atoms with Crippen molar-refractivity contribution in [3.05, 3.63) is 120 Å². The lowest BCUT2D eigenvalue weighted by atomic mass is 9.54. The molecule has 50 heavy (non-hydrogen) atoms. The van der Waals surface area contributed by atoms with Crippen LogP contribution in [0.5, 0.6) is 0 Å². The van der Waals surface area contributed by atoms with Crippen LogP contribution in [-0.2, 0) is 25.0 Å². The maximum Gasteiger partial charge on any atom is 0.310 e. The van der Waals surface area contributed by atoms with Gasteiger partial charge in [0, 0.05) is 30.5 Å². The zero-order valence-corrected chi connectivity index (χ0v) is 30.6. The Morgan fingerprint density at radius 1 is 1.00 bits per heavy atom. The third kappa shape index (κ3) is 4.88. The number of pyridine rings is 1. The van der Waals surface area contributed by atoms with Crippen LogP contribution in [0.2, 0.25) is 5.04 Å². The van der Waals surface area contributed by atoms with E-state index in [2.05, 4.69) is 118 Å². The summed E-state index contributed by atoms with van der Waals surface area (Å²) < 4.78 is 15.6. The van der Waals surface area contributed by atoms with Gasteiger partial charge in [0.25, 0.3) is 8.32 Å². The quantitative estimate of drug-likeness (QED) is 0.188. The monoisotopic (exact) mass is 686 g/mol. The van der Waals surface area contributed by atoms with Crippen molar-refractivity contribution in [3.8, 4) is 0 Å². The molecule has 4 fully saturated rings. The third-order valence-corrected chi connectivity index (χ3v) is 16.8. The van der Waals surface area contributed by atoms with Crippen molar-refractivity contribution in [2.75, 3.05) is 31.2 Å². The summed E-state index contributed by atoms with van der Waals surface area (Å²) in [7, 11) is -2.88. The summed E-state index contributed by atoms with van der Waals surface area (Å²) in [5.41, 5.74) is 2.45. The zero-order valence-electron chi connectivity index (χ0n) is 29.6. The molecule has 1 N–H and O–H groups in total. The number of nitrogens with zero attached hydrogens (tertiary/aromatic N) is 4. The van der Waals surface area contributed by atoms with Crippen LogP contribution in [-0.4, -0.2) is 60.3 Å². The predicted octanol–water partition coefficient (Wildman–Crippen LogP) is 6.10. The van der Waals surface area contributed by atoms with E-state index in [4.69, 9.17) is 19.2 Å². The number of ether oxygens (including phenoxy) is 1. The lowest BCUT2D eigenvalue weighted by Crippen LogP contribution is -2.68. The number of hydrogen-bond acceptors (Lipinski definition) is 6. The number of aromatic nitrogens is 3. The largest absolute Gasteiger partial charge is 0.481 e. The van der Waals surface area contributed by atoms with Crippen molar-refractivity contribution in [3.63, 3.8) is 0 Å². The van der Waals surface area contributed by atoms with E-state index >= 15 is 0 Å². The lowest BCUT2D eigenvalue weighted by molar-refractivity contribution is -0.173. The minimum atomic E-state index is -2.88. The SMILES string of the molecule is Cc1cc(N2CC[C@](C)(c3ccccc3)C2)cn2nc(C34CC(CO[Si](c5ccccc5)(c5ccccc5)C(C)(C)C)(CO3)C4C(=O)O)nc12. The van der Waals surface area contributed by atoms with Gasteiger partial charge in [-0.3, -0.25) is 4.79 Å². The Bertz CT molecular complexity index is 2010. The van der Waals surface area contributed by atoms with E-state index in [0.717, 1.165) is 36.4 Å². The number of rotatable bonds is 9. The van der Waals surface area contributed by atoms with E-state index in [0.29, 0.717) is 12.2 Å². The smallest absolute Gasteiger partial charge is 0.310 e. The molecule has 0 spiro atoms. The fraction of sp³-hybridized carbons (Fsp3) is 0.390. The van der Waals surface area contributed by atoms with Gasteiger partial charge in [-0.25, -0.2) is 9.50 Å². The molecule has 8 nitrogen and oxygen atoms in total. The van der Waals surface area contributed by atoms with Crippen molar-refractivity contribution < 1.29 is 19.1 Å². The standard InChI is InChI=1S/C41H46N4O4Si/c1-29-23-31(44-22-21-39(5,26-44)30-15-9-6-10-16-30)24-45-35(29)42-37(43-45)41-25-40(27-48-41,34(41)36(46)47)28-49-50(38(2,3)4,32-17-11-7-12-18-32)33-19-13-8-14-20-33/h6-20,23-24,34H,21-22,25-28H2,1-5H3,(H,46,47)/t34?,39-,40?,41?/m0/s1. The topological polar surface area (TPSA) is 89.2 Å². The lowest BCUT2D eigenvalue weighted by Gasteiger charge is -2.51. The van der Waals surface area contributed by atoms with Crippen LogP contribution in [0.15, 0.2) is 103 Å². The first-order valence-electron chi connectivity index (χ1n) is 17.7. The van der Waals surface area contributed by atoms with Gasteiger partial charge in [0.2, 0.25) is 0 Å². The molecule has 258 valence electrons. The van der Waals surface area contributed by atoms with Gasteiger partial charge in [-0.05, 0) is 52.4 Å². The number of benzene rings is 3. The maximum absolute atomic E-state index is 13.2. The minimum Gasteiger partial charge on any atom is -0.481 e. The van der Waals surface area contributed by atoms with Crippen LogP contribution in [0.1, 0.15) is 57.5 Å². The van der Waals surface area contributed by atoms with Crippen LogP contribution in [0.3, 0.4) is 0 Å². The van der Waals surface area contributed by atoms with Crippen LogP contribution >= 0.6 is 0 Å². The zero-order chi connectivity index (χ0) is 34.9. The highest BCUT2D eigenvalue weighted by Crippen LogP contribution is 2.67. The Morgan fingerprint density at radius 3 is 2.22 bits per heavy atom. The molecule has 0 amide bonds. The van der Waals surface area contributed by atoms with E-state index in [1.54, 1.807) is 0 Å². The molecule has 2 aromatic heterocycles. The Balaban J connectivity index is 1.10. The van der Waals surface area contributed by atoms with Gasteiger partial charge in [-0.1, -0.05) is 119 Å². The van der Waals surface area contributed by atoms with E-state index in [-0.39, 0.29) is 23.7 Å². The predicted molar refractivity (Wildman–Crippen MR) is 198 cm³/mol. The first-order chi connectivity index (χ1) is 23.9. The molecule has 1 aliphatic carbocycles. The molecular formula is C41H46N4O4Si. The molecule has 4 atom stereocenters. The van der Waals surface area contributed by atoms with Gasteiger partial charge in [-0.15, -0.1) is 5.10 Å². The Hall–Kier alpha value is -4.31. The maximum atomic E-state index is 13.2. The highest BCUT2D eigenvalue weighted by Gasteiger charge is 2.76. The number of hydrogen-bond donors (Lipinski definition) is 1. The molecular weight excluding hydrogens is 641 g/mol. The molecule has 2 bridgehead atoms. The minimum absolute atomic E-state index is 0.0643. The summed E-state index contributed by atoms with van der Waals surface area (Å²) in [6.07, 6.45) is 3.60. The van der Waals surface area contributed by atoms with Crippen molar-refractivity contribution in [1.29, 1.82) is 0 Å². The second-order valence-corrected chi connectivity index (χ2v) is 20.4. The van der Waals surface area contributed by atoms with Crippen molar-refractivity contribution in [1.82, 2.24) is 14.6 Å². The number of carboxylic acids is 1. The first kappa shape index (κ1) is 32.9. The average molecular weight is 687 g/mol. The Kier molecular flexibility index (Phi) is 7.64. The van der Waals surface area contributed by atoms with Crippen LogP contribution in [0.4, 0.5) is 5.69 Å². The Labute approximate surface area is 295 Å². The Morgan fingerprint density at radius 2 is 1.62 bits per heavy atom. The van der Waals surface area contributed by atoms with Crippen molar-refractivity contribution in [2.45, 2.75) is 63.5 Å². The molecule has 3 aliphatic heterocycles. The van der Waals surface area contributed by atoms with Gasteiger partial charge in [0.15, 0.2) is 11.5 Å². The van der Waals surface area contributed by atoms with Gasteiger partial charge >= 0.3 is 5.97 Å². The van der Waals surface area contributed by atoms with Crippen LogP contribution in [0.25, 0.3) is 5.65 Å². The van der Waals surface area contributed by atoms with E-state index in [1.807, 2.05) is 29.8 Å². The first-order valence-corrected chi connectivity index (χ1v) is 19.6. The summed E-state index contributed by atoms with van der Waals surface area (Å²) in [4.78, 5) is 20.6. The number of carboxylic acid groups (broad SMARTS) is 1. The second-order valence-electron chi connectivity index (χ2n) is 16.1. The summed E-state index contributed by atoms with van der Waals surface area (Å²) in [5, 5.41) is 17.9. The summed E-state index contributed by atoms with van der Waals surface area (Å²) in [6, 6.07) is 33.9. The molecule has 3 unspecified atom stereocenters. The van der Waals surface area contributed by atoms with E-state index in [9.17, 15) is 9.90 Å². The van der Waals surface area contributed by atoms with Gasteiger partial charge < -0.3 is 19.2 Å². The molecule has 5 heterocycles. The molecule has 1 saturated carbocycles. The van der Waals surface area contributed by atoms with E-state index in [1.165, 1.54) is 15.9 Å². The molecule has 0 radical (unpaired) electrons. The molecule has 3 saturated heterocycles. The molecule has 9 rings (SSSR count). The van der Waals surface area contributed by atoms with Crippen LogP contribution < -0.4 is 15.3 Å². The molecule has 3 aromatic carbocycles. The summed E-state index contributed by atoms with van der Waals surface area (Å²) in [6.45, 7) is 13.5. The van der Waals surface area contributed by atoms with Gasteiger partial charge in [0.05, 0.1) is 18.5 Å². The summed E-state index contributed by atoms with van der Waals surface area (Å²) in [5.74, 6) is -1.27. The van der Waals surface area contributed by atoms with Gasteiger partial charge in [-0.2, -0.15) is 0 Å². The number of fused-ring (bicyclic) bond motifs is 2. The fourth-order valence-electron chi connectivity index (χ4n) is 9.30. The fourth-order valence-corrected chi connectivity index (χ4v) is 14.0. The highest BCUT2D eigenvalue weighted by atomic mass is 28.4. The number of aliphatic carboxylic acids is 1.